The van der Waals surface area contributed by atoms with Gasteiger partial charge in [0.05, 0.1) is 5.97 Å². The maximum absolute atomic E-state index is 9.98. The van der Waals surface area contributed by atoms with E-state index >= 15 is 0 Å². The van der Waals surface area contributed by atoms with Crippen molar-refractivity contribution >= 4 is 13.9 Å². The van der Waals surface area contributed by atoms with Crippen LogP contribution < -0.4 is 5.11 Å². The normalized spacial score (nSPS) is 9.35. The molecule has 7 nitrogen and oxygen atoms in total. The Labute approximate surface area is 120 Å². The van der Waals surface area contributed by atoms with Crippen LogP contribution in [-0.2, 0) is 9.36 Å². The number of aliphatic carboxylic acids is 1. The zero-order chi connectivity index (χ0) is 16.6. The van der Waals surface area contributed by atoms with Gasteiger partial charge in [0.2, 0.25) is 0 Å². The van der Waals surface area contributed by atoms with Crippen molar-refractivity contribution in [2.45, 2.75) is 26.1 Å². The van der Waals surface area contributed by atoms with Gasteiger partial charge >= 0.3 is 55.1 Å². The van der Waals surface area contributed by atoms with Gasteiger partial charge in [0.1, 0.15) is 0 Å². The number of hydrogen-bond acceptors (Lipinski definition) is 6. The summed E-state index contributed by atoms with van der Waals surface area (Å²) in [5.74, 6) is 1.39. The van der Waals surface area contributed by atoms with Gasteiger partial charge in [0, 0.05) is 0 Å². The molecule has 0 heterocycles. The molecule has 3 N–H and O–H groups in total. The van der Waals surface area contributed by atoms with Gasteiger partial charge in [0.25, 0.3) is 0 Å². The van der Waals surface area contributed by atoms with Crippen LogP contribution in [0.3, 0.4) is 0 Å². The summed E-state index contributed by atoms with van der Waals surface area (Å²) >= 11 is 0. The molecule has 118 valence electrons. The average Bonchev–Trinajstić information content (AvgIpc) is 2.30. The average molecular weight is 309 g/mol. The van der Waals surface area contributed by atoms with Crippen molar-refractivity contribution in [1.82, 2.24) is 0 Å². The Morgan fingerprint density at radius 3 is 2.10 bits per heavy atom. The third-order valence-electron chi connectivity index (χ3n) is 1.68. The maximum atomic E-state index is 9.98. The van der Waals surface area contributed by atoms with Crippen LogP contribution in [-0.4, -0.2) is 59.3 Å². The molecule has 0 saturated heterocycles. The molecular weight excluding hydrogens is 285 g/mol. The van der Waals surface area contributed by atoms with Gasteiger partial charge in [-0.3, -0.25) is 0 Å². The summed E-state index contributed by atoms with van der Waals surface area (Å²) in [5, 5.41) is 33.8. The molecule has 20 heavy (non-hydrogen) atoms. The fourth-order valence-electron chi connectivity index (χ4n) is 0.669. The molecule has 0 saturated carbocycles. The molecule has 0 radical (unpaired) electrons. The SMILES string of the molecule is C=CC(=O)[O-].CCCC(O)O.C[N+](C)(C#P=O)CCO. The van der Waals surface area contributed by atoms with Gasteiger partial charge in [-0.05, 0) is 12.5 Å². The minimum absolute atomic E-state index is 0.0928. The molecule has 0 spiro atoms. The Bertz CT molecular complexity index is 350. The van der Waals surface area contributed by atoms with E-state index < -0.39 is 12.3 Å². The molecular formula is C12H24NO6P. The van der Waals surface area contributed by atoms with E-state index in [0.717, 1.165) is 12.5 Å². The molecule has 0 bridgehead atoms. The molecule has 0 fully saturated rings. The van der Waals surface area contributed by atoms with Crippen LogP contribution in [0.2, 0.25) is 0 Å². The number of carbonyl (C=O) groups excluding carboxylic acids is 1. The number of likely N-dealkylation sites (N-methyl/N-ethyl adjacent to an activating group) is 1. The van der Waals surface area contributed by atoms with Gasteiger partial charge < -0.3 is 20.1 Å². The molecule has 0 aromatic carbocycles. The fourth-order valence-corrected chi connectivity index (χ4v) is 0.990. The fraction of sp³-hybridized carbons (Fsp3) is 0.667. The summed E-state index contributed by atoms with van der Waals surface area (Å²) in [7, 11) is 3.54. The summed E-state index contributed by atoms with van der Waals surface area (Å²) in [6.07, 6.45) is 0.938. The van der Waals surface area contributed by atoms with Crippen molar-refractivity contribution < 1.29 is 34.3 Å². The third-order valence-corrected chi connectivity index (χ3v) is 2.31. The summed E-state index contributed by atoms with van der Waals surface area (Å²) in [6, 6.07) is 0. The van der Waals surface area contributed by atoms with Crippen molar-refractivity contribution in [1.29, 1.82) is 0 Å². The first-order chi connectivity index (χ1) is 9.16. The Morgan fingerprint density at radius 1 is 1.50 bits per heavy atom. The van der Waals surface area contributed by atoms with E-state index in [1.54, 1.807) is 0 Å². The zero-order valence-corrected chi connectivity index (χ0v) is 13.0. The van der Waals surface area contributed by atoms with E-state index in [9.17, 15) is 4.57 Å². The van der Waals surface area contributed by atoms with Gasteiger partial charge in [-0.2, -0.15) is 0 Å². The molecule has 0 rings (SSSR count). The van der Waals surface area contributed by atoms with Crippen LogP contribution >= 0.6 is 7.92 Å². The van der Waals surface area contributed by atoms with Crippen LogP contribution in [0.1, 0.15) is 19.8 Å². The molecule has 0 aliphatic carbocycles. The Balaban J connectivity index is -0.000000230. The van der Waals surface area contributed by atoms with Crippen LogP contribution in [0.4, 0.5) is 0 Å². The number of carboxylic acid groups (broad SMARTS) is 1. The molecule has 0 aliphatic heterocycles. The second kappa shape index (κ2) is 16.1. The molecule has 0 aromatic rings. The predicted octanol–water partition coefficient (Wildman–Crippen LogP) is -0.717. The van der Waals surface area contributed by atoms with Crippen LogP contribution in [0, 0.1) is 5.75 Å². The second-order valence-electron chi connectivity index (χ2n) is 4.12. The zero-order valence-electron chi connectivity index (χ0n) is 12.2. The van der Waals surface area contributed by atoms with E-state index in [1.165, 1.54) is 0 Å². The quantitative estimate of drug-likeness (QED) is 0.267. The first-order valence-corrected chi connectivity index (χ1v) is 6.71. The Kier molecular flexibility index (Phi) is 19.4. The van der Waals surface area contributed by atoms with Crippen molar-refractivity contribution in [3.63, 3.8) is 0 Å². The van der Waals surface area contributed by atoms with Crippen molar-refractivity contribution in [2.75, 3.05) is 27.2 Å². The summed E-state index contributed by atoms with van der Waals surface area (Å²) in [4.78, 5) is 9.14. The summed E-state index contributed by atoms with van der Waals surface area (Å²) in [5.41, 5.74) is 0. The number of aliphatic hydroxyl groups is 3. The van der Waals surface area contributed by atoms with Gasteiger partial charge in [-0.25, -0.2) is 0 Å². The van der Waals surface area contributed by atoms with Crippen molar-refractivity contribution in [3.8, 4) is 5.75 Å². The first kappa shape index (κ1) is 24.1. The van der Waals surface area contributed by atoms with Gasteiger partial charge in [0.15, 0.2) is 6.29 Å². The van der Waals surface area contributed by atoms with Crippen LogP contribution in [0.15, 0.2) is 12.7 Å². The van der Waals surface area contributed by atoms with Crippen molar-refractivity contribution in [3.05, 3.63) is 12.7 Å². The monoisotopic (exact) mass is 309 g/mol. The predicted molar refractivity (Wildman–Crippen MR) is 73.9 cm³/mol. The molecule has 0 amide bonds. The number of carbonyl (C=O) groups is 1. The standard InChI is InChI=1S/C5H11NO2P.C4H10O2.C3H4O2/c1-6(2,3-4-7)5-9-8;1-2-3-4(5)6;1-2-3(4)5/h7H,3-4H2,1-2H3;4-6H,2-3H2,1H3;2H,1H2,(H,4,5)/q+1;;/p-1. The minimum atomic E-state index is -1.23. The number of carboxylic acids is 1. The molecule has 0 unspecified atom stereocenters. The number of rotatable bonds is 5. The molecule has 0 aliphatic rings. The first-order valence-electron chi connectivity index (χ1n) is 5.89. The van der Waals surface area contributed by atoms with E-state index in [4.69, 9.17) is 25.2 Å². The van der Waals surface area contributed by atoms with E-state index in [0.29, 0.717) is 17.4 Å². The summed E-state index contributed by atoms with van der Waals surface area (Å²) in [6.45, 7) is 5.44. The molecule has 0 atom stereocenters. The van der Waals surface area contributed by atoms with E-state index in [-0.39, 0.29) is 14.5 Å². The second-order valence-corrected chi connectivity index (χ2v) is 4.50. The van der Waals surface area contributed by atoms with Crippen molar-refractivity contribution in [2.24, 2.45) is 0 Å². The third kappa shape index (κ3) is 30.3. The topological polar surface area (TPSA) is 118 Å². The van der Waals surface area contributed by atoms with Crippen LogP contribution in [0.25, 0.3) is 0 Å². The van der Waals surface area contributed by atoms with Gasteiger partial charge in [-0.15, -0.1) is 0 Å². The Morgan fingerprint density at radius 2 is 1.95 bits per heavy atom. The molecule has 8 heteroatoms. The van der Waals surface area contributed by atoms with Crippen LogP contribution in [0.5, 0.6) is 0 Å². The van der Waals surface area contributed by atoms with Gasteiger partial charge in [-0.1, -0.05) is 19.9 Å². The number of quaternary nitrogens is 1. The summed E-state index contributed by atoms with van der Waals surface area (Å²) < 4.78 is 10.3. The van der Waals surface area contributed by atoms with E-state index in [1.807, 2.05) is 21.0 Å². The number of hydrogen-bond donors (Lipinski definition) is 3. The molecule has 0 aromatic heterocycles. The number of aliphatic hydroxyl groups excluding tert-OH is 2. The number of nitrogens with zero attached hydrogens (tertiary/aromatic N) is 1. The Hall–Kier alpha value is -0.940. The van der Waals surface area contributed by atoms with E-state index in [2.05, 4.69) is 12.3 Å².